The number of ether oxygens (including phenoxy) is 6. The zero-order valence-corrected chi connectivity index (χ0v) is 50.5. The molecule has 0 spiro atoms. The topological polar surface area (TPSA) is 307 Å². The van der Waals surface area contributed by atoms with E-state index in [1.54, 1.807) is 6.08 Å². The summed E-state index contributed by atoms with van der Waals surface area (Å²) in [6.07, 6.45) is 36.2. The Morgan fingerprint density at radius 1 is 0.435 bits per heavy atom. The third-order valence-electron chi connectivity index (χ3n) is 14.7. The molecule has 19 nitrogen and oxygen atoms in total. The molecule has 17 atom stereocenters. The number of aliphatic hydroxyl groups is 11. The Bertz CT molecular complexity index is 2020. The summed E-state index contributed by atoms with van der Waals surface area (Å²) in [7, 11) is 0. The summed E-state index contributed by atoms with van der Waals surface area (Å²) < 4.78 is 34.2. The van der Waals surface area contributed by atoms with Gasteiger partial charge < -0.3 is 89.9 Å². The highest BCUT2D eigenvalue weighted by Gasteiger charge is 2.53. The second-order valence-corrected chi connectivity index (χ2v) is 21.8. The molecule has 3 aliphatic heterocycles. The van der Waals surface area contributed by atoms with Crippen molar-refractivity contribution in [3.63, 3.8) is 0 Å². The van der Waals surface area contributed by atoms with Crippen LogP contribution in [0.1, 0.15) is 155 Å². The number of carbonyl (C=O) groups excluding carboxylic acids is 1. The minimum atomic E-state index is -1.99. The summed E-state index contributed by atoms with van der Waals surface area (Å²) in [5.74, 6) is -0.310. The Hall–Kier alpha value is -3.81. The van der Waals surface area contributed by atoms with Crippen molar-refractivity contribution in [1.82, 2.24) is 5.32 Å². The Balaban J connectivity index is 1.43. The van der Waals surface area contributed by atoms with E-state index < -0.39 is 124 Å². The van der Waals surface area contributed by atoms with Crippen molar-refractivity contribution in [1.29, 1.82) is 0 Å². The first-order chi connectivity index (χ1) is 41.3. The summed E-state index contributed by atoms with van der Waals surface area (Å²) in [6.45, 7) is 1.45. The van der Waals surface area contributed by atoms with Gasteiger partial charge in [0.2, 0.25) is 5.91 Å². The molecule has 3 rings (SSSR count). The van der Waals surface area contributed by atoms with E-state index in [0.29, 0.717) is 12.8 Å². The van der Waals surface area contributed by atoms with Crippen molar-refractivity contribution in [2.45, 2.75) is 259 Å². The molecule has 0 aliphatic carbocycles. The van der Waals surface area contributed by atoms with E-state index in [0.717, 1.165) is 122 Å². The SMILES string of the molecule is CC/C=C\C/C=C\C/C=C\C/C=C\C/C=C\C/C=C\C/C=C\CCCCCCCCCC(=O)NC(COC1OC(CO)C(OC2OC(CO)C(OC3OC(CO)C(O)C(O)C3O)C(O)C2O)C(O)C1O)C(O)/C=C/CC/C=C/CC/C=C/CCC. The summed E-state index contributed by atoms with van der Waals surface area (Å²) in [4.78, 5) is 13.3. The lowest BCUT2D eigenvalue weighted by Gasteiger charge is -2.48. The van der Waals surface area contributed by atoms with Gasteiger partial charge >= 0.3 is 0 Å². The smallest absolute Gasteiger partial charge is 0.220 e. The Morgan fingerprint density at radius 3 is 1.31 bits per heavy atom. The minimum Gasteiger partial charge on any atom is -0.394 e. The number of carbonyl (C=O) groups is 1. The average Bonchev–Trinajstić information content (AvgIpc) is 3.05. The van der Waals surface area contributed by atoms with E-state index >= 15 is 0 Å². The van der Waals surface area contributed by atoms with Crippen molar-refractivity contribution in [2.75, 3.05) is 26.4 Å². The molecule has 12 N–H and O–H groups in total. The molecule has 0 radical (unpaired) electrons. The van der Waals surface area contributed by atoms with Crippen molar-refractivity contribution in [3.05, 3.63) is 122 Å². The molecular formula is C66H107NO18. The Labute approximate surface area is 506 Å². The van der Waals surface area contributed by atoms with Crippen LogP contribution in [0.25, 0.3) is 0 Å². The molecule has 3 fully saturated rings. The number of unbranched alkanes of at least 4 members (excludes halogenated alkanes) is 10. The summed E-state index contributed by atoms with van der Waals surface area (Å²) in [6, 6.07) is -1.01. The first-order valence-electron chi connectivity index (χ1n) is 31.3. The molecule has 0 bridgehead atoms. The Kier molecular flexibility index (Phi) is 41.9. The molecule has 3 saturated heterocycles. The van der Waals surface area contributed by atoms with Crippen LogP contribution in [0, 0.1) is 0 Å². The van der Waals surface area contributed by atoms with Crippen LogP contribution >= 0.6 is 0 Å². The van der Waals surface area contributed by atoms with Gasteiger partial charge in [-0.1, -0.05) is 174 Å². The first kappa shape index (κ1) is 75.4. The van der Waals surface area contributed by atoms with Gasteiger partial charge in [-0.15, -0.1) is 0 Å². The third-order valence-corrected chi connectivity index (χ3v) is 14.7. The highest BCUT2D eigenvalue weighted by atomic mass is 16.8. The van der Waals surface area contributed by atoms with E-state index in [9.17, 15) is 61.0 Å². The predicted octanol–water partition coefficient (Wildman–Crippen LogP) is 6.48. The molecule has 0 saturated carbocycles. The maximum absolute atomic E-state index is 13.3. The molecule has 484 valence electrons. The number of allylic oxidation sites excluding steroid dienone is 19. The zero-order valence-electron chi connectivity index (χ0n) is 50.5. The van der Waals surface area contributed by atoms with E-state index in [-0.39, 0.29) is 18.9 Å². The number of hydrogen-bond acceptors (Lipinski definition) is 18. The van der Waals surface area contributed by atoms with Gasteiger partial charge in [0, 0.05) is 6.42 Å². The van der Waals surface area contributed by atoms with Crippen LogP contribution in [0.3, 0.4) is 0 Å². The van der Waals surface area contributed by atoms with Crippen molar-refractivity contribution < 1.29 is 89.4 Å². The van der Waals surface area contributed by atoms with Gasteiger partial charge in [0.25, 0.3) is 0 Å². The zero-order chi connectivity index (χ0) is 61.9. The van der Waals surface area contributed by atoms with Crippen LogP contribution in [0.2, 0.25) is 0 Å². The average molecular weight is 1200 g/mol. The number of hydrogen-bond donors (Lipinski definition) is 12. The molecule has 3 heterocycles. The van der Waals surface area contributed by atoms with Crippen molar-refractivity contribution in [2.24, 2.45) is 0 Å². The fourth-order valence-electron chi connectivity index (χ4n) is 9.62. The van der Waals surface area contributed by atoms with E-state index in [4.69, 9.17) is 28.4 Å². The van der Waals surface area contributed by atoms with Gasteiger partial charge in [-0.05, 0) is 96.3 Å². The predicted molar refractivity (Wildman–Crippen MR) is 327 cm³/mol. The van der Waals surface area contributed by atoms with Crippen LogP contribution in [0.15, 0.2) is 122 Å². The number of rotatable bonds is 44. The van der Waals surface area contributed by atoms with Gasteiger partial charge in [0.15, 0.2) is 18.9 Å². The van der Waals surface area contributed by atoms with Crippen LogP contribution < -0.4 is 5.32 Å². The monoisotopic (exact) mass is 1200 g/mol. The lowest BCUT2D eigenvalue weighted by molar-refractivity contribution is -0.379. The largest absolute Gasteiger partial charge is 0.394 e. The Morgan fingerprint density at radius 2 is 0.824 bits per heavy atom. The summed E-state index contributed by atoms with van der Waals surface area (Å²) >= 11 is 0. The lowest BCUT2D eigenvalue weighted by atomic mass is 9.96. The number of amides is 1. The molecular weight excluding hydrogens is 1090 g/mol. The molecule has 3 aliphatic rings. The lowest BCUT2D eigenvalue weighted by Crippen LogP contribution is -2.66. The van der Waals surface area contributed by atoms with Gasteiger partial charge in [0.05, 0.1) is 38.6 Å². The molecule has 0 aromatic heterocycles. The highest BCUT2D eigenvalue weighted by molar-refractivity contribution is 5.76. The quantitative estimate of drug-likeness (QED) is 0.0229. The van der Waals surface area contributed by atoms with Crippen LogP contribution in [-0.2, 0) is 33.2 Å². The van der Waals surface area contributed by atoms with Crippen LogP contribution in [0.5, 0.6) is 0 Å². The third kappa shape index (κ3) is 30.3. The van der Waals surface area contributed by atoms with Crippen molar-refractivity contribution in [3.8, 4) is 0 Å². The fraction of sp³-hybridized carbons (Fsp3) is 0.682. The second kappa shape index (κ2) is 47.2. The molecule has 0 aromatic rings. The summed E-state index contributed by atoms with van der Waals surface area (Å²) in [5.41, 5.74) is 0. The first-order valence-corrected chi connectivity index (χ1v) is 31.3. The maximum atomic E-state index is 13.3. The fourth-order valence-corrected chi connectivity index (χ4v) is 9.62. The van der Waals surface area contributed by atoms with Gasteiger partial charge in [-0.25, -0.2) is 0 Å². The maximum Gasteiger partial charge on any atom is 0.220 e. The second-order valence-electron chi connectivity index (χ2n) is 21.8. The normalized spacial score (nSPS) is 29.8. The van der Waals surface area contributed by atoms with E-state index in [1.165, 1.54) is 0 Å². The summed E-state index contributed by atoms with van der Waals surface area (Å²) in [5, 5.41) is 120. The molecule has 19 heteroatoms. The molecule has 17 unspecified atom stereocenters. The molecule has 85 heavy (non-hydrogen) atoms. The van der Waals surface area contributed by atoms with E-state index in [2.05, 4.69) is 129 Å². The molecule has 1 amide bonds. The van der Waals surface area contributed by atoms with Gasteiger partial charge in [0.1, 0.15) is 73.2 Å². The van der Waals surface area contributed by atoms with Crippen LogP contribution in [0.4, 0.5) is 0 Å². The van der Waals surface area contributed by atoms with Crippen LogP contribution in [-0.4, -0.2) is 193 Å². The molecule has 0 aromatic carbocycles. The van der Waals surface area contributed by atoms with Gasteiger partial charge in [-0.3, -0.25) is 4.79 Å². The highest BCUT2D eigenvalue weighted by Crippen LogP contribution is 2.33. The number of aliphatic hydroxyl groups excluding tert-OH is 11. The van der Waals surface area contributed by atoms with Crippen molar-refractivity contribution >= 4 is 5.91 Å². The minimum absolute atomic E-state index is 0.210. The standard InChI is InChI=1S/C66H107NO18/c1-3-5-7-9-11-13-15-16-17-18-19-20-21-22-23-24-25-26-27-28-29-30-31-32-34-36-38-40-42-44-54(72)67-49(50(71)43-41-39-37-35-33-14-12-10-8-6-4-2)48-80-64-60(78)57(75)62(52(46-69)82-64)85-66-61(79)58(76)63(53(47-70)83-66)84-65-59(77)56(74)55(73)51(45-68)81-65/h5,7-8,10-11,13,16-17,19-20,22-23,25-26,28-29,33,35,41,43,49-53,55-66,68-71,73-79H,3-4,6,9,12,14-15,18,21,24,27,30-32,34,36-40,42,44-48H2,1-2H3,(H,67,72)/b7-5-,10-8+,13-11-,17-16-,20-19-,23-22-,26-25-,29-28-,35-33+,43-41+. The number of nitrogens with one attached hydrogen (secondary N) is 1. The van der Waals surface area contributed by atoms with E-state index in [1.807, 2.05) is 6.08 Å². The van der Waals surface area contributed by atoms with Gasteiger partial charge in [-0.2, -0.15) is 0 Å².